The molecule has 0 amide bonds. The molecule has 2 rings (SSSR count). The van der Waals surface area contributed by atoms with Crippen molar-refractivity contribution in [2.24, 2.45) is 5.73 Å². The first-order chi connectivity index (χ1) is 8.27. The lowest BCUT2D eigenvalue weighted by molar-refractivity contribution is 0.752. The third-order valence-corrected chi connectivity index (χ3v) is 2.57. The first-order valence-corrected chi connectivity index (χ1v) is 5.48. The molecule has 0 atom stereocenters. The second-order valence-electron chi connectivity index (χ2n) is 3.81. The number of halogens is 1. The van der Waals surface area contributed by atoms with Crippen LogP contribution in [0.2, 0.25) is 0 Å². The first-order valence-electron chi connectivity index (χ1n) is 5.48. The lowest BCUT2D eigenvalue weighted by atomic mass is 9.99. The van der Waals surface area contributed by atoms with Gasteiger partial charge >= 0.3 is 0 Å². The van der Waals surface area contributed by atoms with Gasteiger partial charge < -0.3 is 11.1 Å². The van der Waals surface area contributed by atoms with Gasteiger partial charge in [-0.25, -0.2) is 0 Å². The quantitative estimate of drug-likeness (QED) is 0.451. The SMILES string of the molecule is I.N=C(N)NC(c1ccccc1)c1ccccc1. The maximum absolute atomic E-state index is 7.39. The number of hydrogen-bond donors (Lipinski definition) is 3. The summed E-state index contributed by atoms with van der Waals surface area (Å²) in [5.74, 6) is -0.0253. The third kappa shape index (κ3) is 3.73. The molecular formula is C14H16IN3. The predicted molar refractivity (Wildman–Crippen MR) is 85.2 cm³/mol. The summed E-state index contributed by atoms with van der Waals surface area (Å²) in [6.07, 6.45) is 0. The Morgan fingerprint density at radius 1 is 0.889 bits per heavy atom. The van der Waals surface area contributed by atoms with E-state index in [1.807, 2.05) is 60.7 Å². The van der Waals surface area contributed by atoms with E-state index in [4.69, 9.17) is 11.1 Å². The Bertz CT molecular complexity index is 445. The highest BCUT2D eigenvalue weighted by Crippen LogP contribution is 2.21. The molecule has 0 unspecified atom stereocenters. The lowest BCUT2D eigenvalue weighted by Crippen LogP contribution is -2.34. The van der Waals surface area contributed by atoms with Crippen molar-refractivity contribution in [3.8, 4) is 0 Å². The minimum Gasteiger partial charge on any atom is -0.370 e. The highest BCUT2D eigenvalue weighted by atomic mass is 127. The molecular weight excluding hydrogens is 337 g/mol. The fraction of sp³-hybridized carbons (Fsp3) is 0.0714. The summed E-state index contributed by atoms with van der Waals surface area (Å²) in [4.78, 5) is 0. The Hall–Kier alpha value is -1.56. The van der Waals surface area contributed by atoms with Gasteiger partial charge in [-0.3, -0.25) is 5.41 Å². The standard InChI is InChI=1S/C14H15N3.HI/c15-14(16)17-13(11-7-3-1-4-8-11)12-9-5-2-6-10-12;/h1-10,13H,(H4,15,16,17);1H. The van der Waals surface area contributed by atoms with Gasteiger partial charge in [0.1, 0.15) is 0 Å². The fourth-order valence-corrected chi connectivity index (χ4v) is 1.81. The summed E-state index contributed by atoms with van der Waals surface area (Å²) in [5.41, 5.74) is 7.62. The van der Waals surface area contributed by atoms with Crippen LogP contribution in [0.1, 0.15) is 17.2 Å². The van der Waals surface area contributed by atoms with Gasteiger partial charge in [-0.05, 0) is 11.1 Å². The molecule has 0 spiro atoms. The van der Waals surface area contributed by atoms with E-state index < -0.39 is 0 Å². The lowest BCUT2D eigenvalue weighted by Gasteiger charge is -2.19. The van der Waals surface area contributed by atoms with Gasteiger partial charge in [0.2, 0.25) is 0 Å². The van der Waals surface area contributed by atoms with Crippen LogP contribution < -0.4 is 11.1 Å². The van der Waals surface area contributed by atoms with Crippen molar-refractivity contribution in [3.05, 3.63) is 71.8 Å². The van der Waals surface area contributed by atoms with Gasteiger partial charge in [0.05, 0.1) is 6.04 Å². The second kappa shape index (κ2) is 7.00. The van der Waals surface area contributed by atoms with E-state index in [1.165, 1.54) is 0 Å². The molecule has 0 fully saturated rings. The van der Waals surface area contributed by atoms with Crippen LogP contribution in [-0.2, 0) is 0 Å². The molecule has 0 aliphatic rings. The van der Waals surface area contributed by atoms with Gasteiger partial charge in [-0.15, -0.1) is 24.0 Å². The van der Waals surface area contributed by atoms with Crippen molar-refractivity contribution in [3.63, 3.8) is 0 Å². The molecule has 18 heavy (non-hydrogen) atoms. The fourth-order valence-electron chi connectivity index (χ4n) is 1.81. The van der Waals surface area contributed by atoms with Crippen LogP contribution >= 0.6 is 24.0 Å². The number of guanidine groups is 1. The zero-order valence-corrected chi connectivity index (χ0v) is 12.2. The maximum Gasteiger partial charge on any atom is 0.186 e. The monoisotopic (exact) mass is 353 g/mol. The molecule has 0 bridgehead atoms. The molecule has 2 aromatic carbocycles. The molecule has 4 heteroatoms. The molecule has 0 heterocycles. The molecule has 0 aliphatic heterocycles. The number of rotatable bonds is 3. The minimum absolute atomic E-state index is 0. The number of nitrogens with one attached hydrogen (secondary N) is 2. The van der Waals surface area contributed by atoms with Crippen LogP contribution in [0, 0.1) is 5.41 Å². The van der Waals surface area contributed by atoms with E-state index in [2.05, 4.69) is 5.32 Å². The largest absolute Gasteiger partial charge is 0.370 e. The smallest absolute Gasteiger partial charge is 0.186 e. The molecule has 94 valence electrons. The van der Waals surface area contributed by atoms with Gasteiger partial charge in [0.25, 0.3) is 0 Å². The summed E-state index contributed by atoms with van der Waals surface area (Å²) in [6.45, 7) is 0. The third-order valence-electron chi connectivity index (χ3n) is 2.57. The van der Waals surface area contributed by atoms with E-state index in [-0.39, 0.29) is 36.0 Å². The Morgan fingerprint density at radius 2 is 1.28 bits per heavy atom. The summed E-state index contributed by atoms with van der Waals surface area (Å²) in [5, 5.41) is 10.4. The highest BCUT2D eigenvalue weighted by molar-refractivity contribution is 14.0. The van der Waals surface area contributed by atoms with E-state index in [1.54, 1.807) is 0 Å². The van der Waals surface area contributed by atoms with Crippen LogP contribution in [0.3, 0.4) is 0 Å². The molecule has 2 aromatic rings. The molecule has 0 radical (unpaired) electrons. The van der Waals surface area contributed by atoms with Gasteiger partial charge in [-0.1, -0.05) is 60.7 Å². The Morgan fingerprint density at radius 3 is 1.61 bits per heavy atom. The van der Waals surface area contributed by atoms with Crippen molar-refractivity contribution in [1.29, 1.82) is 5.41 Å². The van der Waals surface area contributed by atoms with E-state index in [0.29, 0.717) is 0 Å². The Kier molecular flexibility index (Phi) is 5.64. The van der Waals surface area contributed by atoms with Gasteiger partial charge in [0.15, 0.2) is 5.96 Å². The molecule has 0 aromatic heterocycles. The molecule has 4 N–H and O–H groups in total. The highest BCUT2D eigenvalue weighted by Gasteiger charge is 2.13. The Labute approximate surface area is 124 Å². The average molecular weight is 353 g/mol. The summed E-state index contributed by atoms with van der Waals surface area (Å²) in [6, 6.07) is 19.9. The molecule has 3 nitrogen and oxygen atoms in total. The summed E-state index contributed by atoms with van der Waals surface area (Å²) < 4.78 is 0. The van der Waals surface area contributed by atoms with Crippen molar-refractivity contribution in [2.45, 2.75) is 6.04 Å². The summed E-state index contributed by atoms with van der Waals surface area (Å²) >= 11 is 0. The zero-order chi connectivity index (χ0) is 12.1. The predicted octanol–water partition coefficient (Wildman–Crippen LogP) is 2.88. The van der Waals surface area contributed by atoms with Crippen molar-refractivity contribution >= 4 is 29.9 Å². The molecule has 0 saturated heterocycles. The van der Waals surface area contributed by atoms with Crippen LogP contribution in [0.15, 0.2) is 60.7 Å². The number of benzene rings is 2. The van der Waals surface area contributed by atoms with Crippen LogP contribution in [0.25, 0.3) is 0 Å². The second-order valence-corrected chi connectivity index (χ2v) is 3.81. The maximum atomic E-state index is 7.39. The first kappa shape index (κ1) is 14.5. The van der Waals surface area contributed by atoms with E-state index in [0.717, 1.165) is 11.1 Å². The summed E-state index contributed by atoms with van der Waals surface area (Å²) in [7, 11) is 0. The van der Waals surface area contributed by atoms with E-state index >= 15 is 0 Å². The average Bonchev–Trinajstić information content (AvgIpc) is 2.38. The van der Waals surface area contributed by atoms with Crippen LogP contribution in [0.4, 0.5) is 0 Å². The number of hydrogen-bond acceptors (Lipinski definition) is 1. The molecule has 0 aliphatic carbocycles. The van der Waals surface area contributed by atoms with Crippen molar-refractivity contribution < 1.29 is 0 Å². The molecule has 0 saturated carbocycles. The van der Waals surface area contributed by atoms with E-state index in [9.17, 15) is 0 Å². The van der Waals surface area contributed by atoms with Crippen molar-refractivity contribution in [2.75, 3.05) is 0 Å². The Balaban J connectivity index is 0.00000162. The topological polar surface area (TPSA) is 61.9 Å². The van der Waals surface area contributed by atoms with Crippen LogP contribution in [-0.4, -0.2) is 5.96 Å². The van der Waals surface area contributed by atoms with Crippen molar-refractivity contribution in [1.82, 2.24) is 5.32 Å². The van der Waals surface area contributed by atoms with Crippen LogP contribution in [0.5, 0.6) is 0 Å². The van der Waals surface area contributed by atoms with Gasteiger partial charge in [-0.2, -0.15) is 0 Å². The van der Waals surface area contributed by atoms with Gasteiger partial charge in [0, 0.05) is 0 Å². The minimum atomic E-state index is -0.0742. The number of nitrogens with two attached hydrogens (primary N) is 1. The normalized spacial score (nSPS) is 9.61. The zero-order valence-electron chi connectivity index (χ0n) is 9.84.